The van der Waals surface area contributed by atoms with Crippen molar-refractivity contribution < 1.29 is 4.79 Å². The zero-order chi connectivity index (χ0) is 12.6. The first-order chi connectivity index (χ1) is 8.41. The molecule has 0 aromatic rings. The molecule has 0 atom stereocenters. The van der Waals surface area contributed by atoms with Crippen molar-refractivity contribution in [2.75, 3.05) is 0 Å². The van der Waals surface area contributed by atoms with E-state index in [2.05, 4.69) is 18.8 Å². The Bertz CT molecular complexity index is 242. The summed E-state index contributed by atoms with van der Waals surface area (Å²) < 4.78 is 0. The Balaban J connectivity index is 3.09. The Morgan fingerprint density at radius 2 is 1.53 bits per heavy atom. The average Bonchev–Trinajstić information content (AvgIpc) is 2.35. The molecule has 0 spiro atoms. The molecule has 0 aliphatic heterocycles. The van der Waals surface area contributed by atoms with Crippen LogP contribution in [-0.4, -0.2) is 6.29 Å². The highest BCUT2D eigenvalue weighted by Crippen LogP contribution is 2.07. The van der Waals surface area contributed by atoms with Gasteiger partial charge in [-0.1, -0.05) is 38.7 Å². The maximum atomic E-state index is 10.0. The van der Waals surface area contributed by atoms with E-state index in [9.17, 15) is 4.79 Å². The van der Waals surface area contributed by atoms with Gasteiger partial charge in [-0.05, 0) is 31.8 Å². The number of hydrogen-bond acceptors (Lipinski definition) is 1. The summed E-state index contributed by atoms with van der Waals surface area (Å²) in [7, 11) is 0. The van der Waals surface area contributed by atoms with Gasteiger partial charge in [-0.25, -0.2) is 0 Å². The molecule has 0 bridgehead atoms. The number of rotatable bonds is 10. The highest BCUT2D eigenvalue weighted by atomic mass is 16.1. The molecule has 0 saturated heterocycles. The van der Waals surface area contributed by atoms with Crippen molar-refractivity contribution in [2.24, 2.45) is 0 Å². The second-order valence-corrected chi connectivity index (χ2v) is 4.33. The molecule has 0 radical (unpaired) electrons. The quantitative estimate of drug-likeness (QED) is 0.232. The third kappa shape index (κ3) is 15.0. The van der Waals surface area contributed by atoms with E-state index in [0.717, 1.165) is 25.5 Å². The van der Waals surface area contributed by atoms with E-state index in [4.69, 9.17) is 0 Å². The van der Waals surface area contributed by atoms with Gasteiger partial charge in [0.2, 0.25) is 0 Å². The first kappa shape index (κ1) is 16.0. The van der Waals surface area contributed by atoms with Crippen LogP contribution in [-0.2, 0) is 4.79 Å². The minimum atomic E-state index is 0.844. The molecule has 0 unspecified atom stereocenters. The molecule has 0 rings (SSSR count). The smallest absolute Gasteiger partial charge is 0.142 e. The molecule has 0 aromatic carbocycles. The molecule has 0 aromatic heterocycles. The normalized spacial score (nSPS) is 10.2. The van der Waals surface area contributed by atoms with Gasteiger partial charge >= 0.3 is 0 Å². The van der Waals surface area contributed by atoms with Crippen LogP contribution in [0.4, 0.5) is 0 Å². The van der Waals surface area contributed by atoms with Crippen molar-refractivity contribution in [3.8, 4) is 11.8 Å². The molecule has 0 heterocycles. The van der Waals surface area contributed by atoms with E-state index in [1.807, 2.05) is 6.08 Å². The maximum Gasteiger partial charge on any atom is 0.142 e. The lowest BCUT2D eigenvalue weighted by atomic mass is 10.1. The summed E-state index contributed by atoms with van der Waals surface area (Å²) in [5, 5.41) is 0. The van der Waals surface area contributed by atoms with Gasteiger partial charge in [0.05, 0.1) is 0 Å². The van der Waals surface area contributed by atoms with E-state index >= 15 is 0 Å². The van der Waals surface area contributed by atoms with Crippen molar-refractivity contribution in [2.45, 2.75) is 71.1 Å². The summed E-state index contributed by atoms with van der Waals surface area (Å²) in [5.41, 5.74) is 0. The number of allylic oxidation sites excluding steroid dienone is 2. The van der Waals surface area contributed by atoms with E-state index in [0.29, 0.717) is 0 Å². The summed E-state index contributed by atoms with van der Waals surface area (Å²) in [5.74, 6) is 6.46. The molecule has 0 aliphatic carbocycles. The summed E-state index contributed by atoms with van der Waals surface area (Å²) in [6.07, 6.45) is 16.3. The minimum absolute atomic E-state index is 0.844. The van der Waals surface area contributed by atoms with Gasteiger partial charge in [-0.3, -0.25) is 4.79 Å². The highest BCUT2D eigenvalue weighted by Gasteiger charge is 1.88. The van der Waals surface area contributed by atoms with Crippen LogP contribution in [0.3, 0.4) is 0 Å². The molecule has 0 aliphatic rings. The minimum Gasteiger partial charge on any atom is -0.299 e. The fourth-order valence-corrected chi connectivity index (χ4v) is 1.60. The standard InChI is InChI=1S/C16H26O/c1-2-3-4-5-6-7-8-9-10-11-12-13-14-15-16-17/h14-16H,2-4,7-13H2,1H3/b15-14+. The zero-order valence-corrected chi connectivity index (χ0v) is 11.2. The molecule has 0 fully saturated rings. The Labute approximate surface area is 107 Å². The van der Waals surface area contributed by atoms with Gasteiger partial charge in [0.15, 0.2) is 0 Å². The Kier molecular flexibility index (Phi) is 14.1. The fourth-order valence-electron chi connectivity index (χ4n) is 1.60. The Morgan fingerprint density at radius 1 is 0.882 bits per heavy atom. The largest absolute Gasteiger partial charge is 0.299 e. The molecule has 0 N–H and O–H groups in total. The lowest BCUT2D eigenvalue weighted by Gasteiger charge is -1.97. The molecular weight excluding hydrogens is 208 g/mol. The second-order valence-electron chi connectivity index (χ2n) is 4.33. The monoisotopic (exact) mass is 234 g/mol. The van der Waals surface area contributed by atoms with E-state index in [-0.39, 0.29) is 0 Å². The Morgan fingerprint density at radius 3 is 2.24 bits per heavy atom. The van der Waals surface area contributed by atoms with Crippen LogP contribution in [0.1, 0.15) is 71.1 Å². The SMILES string of the molecule is CCCCC#CCCCCCCC/C=C/C=O. The van der Waals surface area contributed by atoms with Gasteiger partial charge in [-0.2, -0.15) is 0 Å². The van der Waals surface area contributed by atoms with Crippen molar-refractivity contribution in [1.29, 1.82) is 0 Å². The number of aldehydes is 1. The van der Waals surface area contributed by atoms with Crippen LogP contribution in [0.15, 0.2) is 12.2 Å². The number of carbonyl (C=O) groups excluding carboxylic acids is 1. The predicted molar refractivity (Wildman–Crippen MR) is 74.8 cm³/mol. The topological polar surface area (TPSA) is 17.1 Å². The van der Waals surface area contributed by atoms with E-state index in [1.54, 1.807) is 6.08 Å². The van der Waals surface area contributed by atoms with Gasteiger partial charge in [0.25, 0.3) is 0 Å². The summed E-state index contributed by atoms with van der Waals surface area (Å²) in [6.45, 7) is 2.20. The van der Waals surface area contributed by atoms with Gasteiger partial charge in [-0.15, -0.1) is 11.8 Å². The Hall–Kier alpha value is -1.03. The first-order valence-corrected chi connectivity index (χ1v) is 6.97. The maximum absolute atomic E-state index is 10.0. The van der Waals surface area contributed by atoms with Gasteiger partial charge in [0.1, 0.15) is 6.29 Å². The molecule has 1 nitrogen and oxygen atoms in total. The van der Waals surface area contributed by atoms with Crippen molar-refractivity contribution in [3.63, 3.8) is 0 Å². The number of hydrogen-bond donors (Lipinski definition) is 0. The molecule has 0 amide bonds. The zero-order valence-electron chi connectivity index (χ0n) is 11.2. The molecular formula is C16H26O. The van der Waals surface area contributed by atoms with Crippen molar-refractivity contribution >= 4 is 6.29 Å². The molecule has 17 heavy (non-hydrogen) atoms. The first-order valence-electron chi connectivity index (χ1n) is 6.97. The van der Waals surface area contributed by atoms with Crippen LogP contribution in [0.5, 0.6) is 0 Å². The highest BCUT2D eigenvalue weighted by molar-refractivity contribution is 5.64. The van der Waals surface area contributed by atoms with Crippen molar-refractivity contribution in [3.05, 3.63) is 12.2 Å². The van der Waals surface area contributed by atoms with Crippen LogP contribution in [0.25, 0.3) is 0 Å². The van der Waals surface area contributed by atoms with Crippen LogP contribution in [0, 0.1) is 11.8 Å². The average molecular weight is 234 g/mol. The van der Waals surface area contributed by atoms with E-state index in [1.165, 1.54) is 44.9 Å². The van der Waals surface area contributed by atoms with Crippen LogP contribution >= 0.6 is 0 Å². The predicted octanol–water partition coefficient (Wildman–Crippen LogP) is 4.67. The molecule has 0 saturated carbocycles. The lowest BCUT2D eigenvalue weighted by molar-refractivity contribution is -0.104. The third-order valence-corrected chi connectivity index (χ3v) is 2.67. The third-order valence-electron chi connectivity index (χ3n) is 2.67. The van der Waals surface area contributed by atoms with E-state index < -0.39 is 0 Å². The molecule has 96 valence electrons. The van der Waals surface area contributed by atoms with Gasteiger partial charge < -0.3 is 0 Å². The van der Waals surface area contributed by atoms with Crippen molar-refractivity contribution in [1.82, 2.24) is 0 Å². The fraction of sp³-hybridized carbons (Fsp3) is 0.688. The van der Waals surface area contributed by atoms with Gasteiger partial charge in [0, 0.05) is 12.8 Å². The lowest BCUT2D eigenvalue weighted by Crippen LogP contribution is -1.78. The number of unbranched alkanes of at least 4 members (excludes halogenated alkanes) is 8. The summed E-state index contributed by atoms with van der Waals surface area (Å²) >= 11 is 0. The summed E-state index contributed by atoms with van der Waals surface area (Å²) in [6, 6.07) is 0. The van der Waals surface area contributed by atoms with Crippen LogP contribution in [0.2, 0.25) is 0 Å². The van der Waals surface area contributed by atoms with Crippen LogP contribution < -0.4 is 0 Å². The molecule has 1 heteroatoms. The number of carbonyl (C=O) groups is 1. The summed E-state index contributed by atoms with van der Waals surface area (Å²) in [4.78, 5) is 10.0. The second kappa shape index (κ2) is 15.0.